The van der Waals surface area contributed by atoms with Crippen molar-refractivity contribution in [3.63, 3.8) is 0 Å². The van der Waals surface area contributed by atoms with Crippen molar-refractivity contribution in [2.24, 2.45) is 5.73 Å². The first kappa shape index (κ1) is 23.0. The number of anilines is 2. The molecular formula is C18H28Cl2FN3O2. The van der Waals surface area contributed by atoms with Crippen LogP contribution in [-0.2, 0) is 9.53 Å². The van der Waals surface area contributed by atoms with Crippen LogP contribution in [0.3, 0.4) is 0 Å². The molecule has 5 nitrogen and oxygen atoms in total. The van der Waals surface area contributed by atoms with E-state index in [4.69, 9.17) is 10.5 Å². The van der Waals surface area contributed by atoms with Gasteiger partial charge in [-0.05, 0) is 43.9 Å². The van der Waals surface area contributed by atoms with Gasteiger partial charge in [-0.15, -0.1) is 24.8 Å². The summed E-state index contributed by atoms with van der Waals surface area (Å²) < 4.78 is 19.7. The molecule has 1 amide bonds. The van der Waals surface area contributed by atoms with E-state index in [-0.39, 0.29) is 42.6 Å². The quantitative estimate of drug-likeness (QED) is 0.692. The van der Waals surface area contributed by atoms with Gasteiger partial charge in [0.2, 0.25) is 5.91 Å². The molecular weight excluding hydrogens is 380 g/mol. The lowest BCUT2D eigenvalue weighted by molar-refractivity contribution is -0.122. The summed E-state index contributed by atoms with van der Waals surface area (Å²) in [5.41, 5.74) is 6.24. The van der Waals surface area contributed by atoms with Gasteiger partial charge in [0.15, 0.2) is 0 Å². The lowest BCUT2D eigenvalue weighted by atomic mass is 9.82. The summed E-state index contributed by atoms with van der Waals surface area (Å²) >= 11 is 0. The Labute approximate surface area is 166 Å². The summed E-state index contributed by atoms with van der Waals surface area (Å²) in [6, 6.07) is 4.68. The predicted octanol–water partition coefficient (Wildman–Crippen LogP) is 3.86. The van der Waals surface area contributed by atoms with E-state index in [1.54, 1.807) is 12.1 Å². The van der Waals surface area contributed by atoms with Crippen LogP contribution in [0.5, 0.6) is 0 Å². The molecule has 0 spiro atoms. The zero-order valence-electron chi connectivity index (χ0n) is 14.8. The zero-order chi connectivity index (χ0) is 17.0. The SMILES string of the molecule is Cl.Cl.NC1(C(=O)Nc2ccc(NCC3CCCO3)c(F)c2)CCCCC1. The third-order valence-corrected chi connectivity index (χ3v) is 4.97. The highest BCUT2D eigenvalue weighted by molar-refractivity contribution is 5.98. The second kappa shape index (κ2) is 10.3. The van der Waals surface area contributed by atoms with Gasteiger partial charge in [0.1, 0.15) is 5.82 Å². The van der Waals surface area contributed by atoms with E-state index in [0.29, 0.717) is 30.8 Å². The molecule has 2 aliphatic rings. The minimum Gasteiger partial charge on any atom is -0.380 e. The standard InChI is InChI=1S/C18H26FN3O2.2ClH/c19-15-11-13(22-17(23)18(20)8-2-1-3-9-18)6-7-16(15)21-12-14-5-4-10-24-14;;/h6-7,11,14,21H,1-5,8-10,12,20H2,(H,22,23);2*1H. The van der Waals surface area contributed by atoms with Gasteiger partial charge in [-0.3, -0.25) is 4.79 Å². The molecule has 1 aliphatic carbocycles. The Balaban J connectivity index is 0.00000169. The summed E-state index contributed by atoms with van der Waals surface area (Å²) in [4.78, 5) is 12.4. The third-order valence-electron chi connectivity index (χ3n) is 4.97. The number of carbonyl (C=O) groups is 1. The fourth-order valence-electron chi connectivity index (χ4n) is 3.43. The fraction of sp³-hybridized carbons (Fsp3) is 0.611. The number of amides is 1. The van der Waals surface area contributed by atoms with Gasteiger partial charge in [0.05, 0.1) is 17.3 Å². The van der Waals surface area contributed by atoms with Gasteiger partial charge in [-0.2, -0.15) is 0 Å². The smallest absolute Gasteiger partial charge is 0.244 e. The normalized spacial score (nSPS) is 21.2. The lowest BCUT2D eigenvalue weighted by Gasteiger charge is -2.31. The average molecular weight is 408 g/mol. The minimum absolute atomic E-state index is 0. The number of nitrogens with two attached hydrogens (primary N) is 1. The zero-order valence-corrected chi connectivity index (χ0v) is 16.4. The van der Waals surface area contributed by atoms with E-state index >= 15 is 0 Å². The number of hydrogen-bond donors (Lipinski definition) is 3. The van der Waals surface area contributed by atoms with Crippen LogP contribution in [0.4, 0.5) is 15.8 Å². The first-order chi connectivity index (χ1) is 11.6. The Morgan fingerprint density at radius 2 is 1.96 bits per heavy atom. The van der Waals surface area contributed by atoms with Crippen molar-refractivity contribution in [2.75, 3.05) is 23.8 Å². The van der Waals surface area contributed by atoms with Crippen LogP contribution < -0.4 is 16.4 Å². The molecule has 1 aliphatic heterocycles. The summed E-state index contributed by atoms with van der Waals surface area (Å²) in [5.74, 6) is -0.609. The molecule has 1 saturated carbocycles. The minimum atomic E-state index is -0.828. The number of ether oxygens (including phenoxy) is 1. The van der Waals surface area contributed by atoms with Crippen molar-refractivity contribution in [1.29, 1.82) is 0 Å². The van der Waals surface area contributed by atoms with Crippen LogP contribution >= 0.6 is 24.8 Å². The van der Waals surface area contributed by atoms with Crippen LogP contribution in [0.15, 0.2) is 18.2 Å². The molecule has 4 N–H and O–H groups in total. The Bertz CT molecular complexity index is 592. The van der Waals surface area contributed by atoms with Crippen molar-refractivity contribution >= 4 is 42.1 Å². The van der Waals surface area contributed by atoms with Gasteiger partial charge >= 0.3 is 0 Å². The summed E-state index contributed by atoms with van der Waals surface area (Å²) in [6.45, 7) is 1.37. The van der Waals surface area contributed by atoms with Gasteiger partial charge in [0, 0.05) is 18.8 Å². The first-order valence-electron chi connectivity index (χ1n) is 8.82. The maximum Gasteiger partial charge on any atom is 0.244 e. The average Bonchev–Trinajstić information content (AvgIpc) is 3.08. The van der Waals surface area contributed by atoms with Crippen molar-refractivity contribution in [3.8, 4) is 0 Å². The maximum atomic E-state index is 14.2. The number of hydrogen-bond acceptors (Lipinski definition) is 4. The largest absolute Gasteiger partial charge is 0.380 e. The molecule has 1 aromatic rings. The van der Waals surface area contributed by atoms with Crippen LogP contribution in [0.2, 0.25) is 0 Å². The molecule has 1 aromatic carbocycles. The molecule has 0 aromatic heterocycles. The molecule has 3 rings (SSSR count). The summed E-state index contributed by atoms with van der Waals surface area (Å²) in [6.07, 6.45) is 6.61. The van der Waals surface area contributed by atoms with Crippen molar-refractivity contribution < 1.29 is 13.9 Å². The van der Waals surface area contributed by atoms with Gasteiger partial charge in [-0.1, -0.05) is 19.3 Å². The number of nitrogens with one attached hydrogen (secondary N) is 2. The number of halogens is 3. The molecule has 148 valence electrons. The Morgan fingerprint density at radius 1 is 1.23 bits per heavy atom. The van der Waals surface area contributed by atoms with E-state index < -0.39 is 5.54 Å². The van der Waals surface area contributed by atoms with E-state index in [9.17, 15) is 9.18 Å². The fourth-order valence-corrected chi connectivity index (χ4v) is 3.43. The van der Waals surface area contributed by atoms with E-state index in [2.05, 4.69) is 10.6 Å². The highest BCUT2D eigenvalue weighted by Gasteiger charge is 2.35. The van der Waals surface area contributed by atoms with Crippen LogP contribution in [0, 0.1) is 5.82 Å². The molecule has 8 heteroatoms. The Morgan fingerprint density at radius 3 is 2.58 bits per heavy atom. The van der Waals surface area contributed by atoms with E-state index in [1.165, 1.54) is 6.07 Å². The molecule has 0 radical (unpaired) electrons. The number of carbonyl (C=O) groups excluding carboxylic acids is 1. The second-order valence-corrected chi connectivity index (χ2v) is 6.88. The molecule has 1 unspecified atom stereocenters. The first-order valence-corrected chi connectivity index (χ1v) is 8.82. The molecule has 1 heterocycles. The van der Waals surface area contributed by atoms with Crippen LogP contribution in [-0.4, -0.2) is 30.7 Å². The van der Waals surface area contributed by atoms with Crippen LogP contribution in [0.25, 0.3) is 0 Å². The number of rotatable bonds is 5. The maximum absolute atomic E-state index is 14.2. The topological polar surface area (TPSA) is 76.4 Å². The van der Waals surface area contributed by atoms with E-state index in [0.717, 1.165) is 38.7 Å². The highest BCUT2D eigenvalue weighted by Crippen LogP contribution is 2.28. The molecule has 1 atom stereocenters. The molecule has 0 bridgehead atoms. The summed E-state index contributed by atoms with van der Waals surface area (Å²) in [5, 5.41) is 5.83. The highest BCUT2D eigenvalue weighted by atomic mass is 35.5. The van der Waals surface area contributed by atoms with Gasteiger partial charge in [-0.25, -0.2) is 4.39 Å². The van der Waals surface area contributed by atoms with Crippen molar-refractivity contribution in [1.82, 2.24) is 0 Å². The summed E-state index contributed by atoms with van der Waals surface area (Å²) in [7, 11) is 0. The second-order valence-electron chi connectivity index (χ2n) is 6.88. The van der Waals surface area contributed by atoms with Crippen LogP contribution in [0.1, 0.15) is 44.9 Å². The molecule has 2 fully saturated rings. The molecule has 26 heavy (non-hydrogen) atoms. The monoisotopic (exact) mass is 407 g/mol. The third kappa shape index (κ3) is 5.71. The van der Waals surface area contributed by atoms with Gasteiger partial charge in [0.25, 0.3) is 0 Å². The van der Waals surface area contributed by atoms with E-state index in [1.807, 2.05) is 0 Å². The lowest BCUT2D eigenvalue weighted by Crippen LogP contribution is -2.52. The Kier molecular flexibility index (Phi) is 9.10. The van der Waals surface area contributed by atoms with Crippen molar-refractivity contribution in [2.45, 2.75) is 56.6 Å². The molecule has 1 saturated heterocycles. The van der Waals surface area contributed by atoms with Gasteiger partial charge < -0.3 is 21.1 Å². The Hall–Kier alpha value is -1.08. The number of benzene rings is 1. The van der Waals surface area contributed by atoms with Crippen molar-refractivity contribution in [3.05, 3.63) is 24.0 Å². The predicted molar refractivity (Wildman–Crippen MR) is 107 cm³/mol.